The van der Waals surface area contributed by atoms with Crippen molar-refractivity contribution in [3.63, 3.8) is 0 Å². The lowest BCUT2D eigenvalue weighted by molar-refractivity contribution is -0.137. The van der Waals surface area contributed by atoms with Crippen LogP contribution in [0.5, 0.6) is 11.5 Å². The first kappa shape index (κ1) is 14.8. The van der Waals surface area contributed by atoms with Crippen LogP contribution in [-0.4, -0.2) is 61.9 Å². The highest BCUT2D eigenvalue weighted by atomic mass is 16.7. The molecule has 0 radical (unpaired) electrons. The van der Waals surface area contributed by atoms with Gasteiger partial charge < -0.3 is 19.1 Å². The molecule has 1 aromatic carbocycles. The zero-order valence-corrected chi connectivity index (χ0v) is 13.2. The quantitative estimate of drug-likeness (QED) is 0.835. The SMILES string of the molecule is O=C([C@H]1CCOC1)N1CCN(Cc2ccc3c(c2)OCO3)CC1. The summed E-state index contributed by atoms with van der Waals surface area (Å²) >= 11 is 0. The minimum atomic E-state index is 0.0791. The normalized spacial score (nSPS) is 24.2. The van der Waals surface area contributed by atoms with Crippen LogP contribution in [0.1, 0.15) is 12.0 Å². The molecule has 1 aromatic rings. The first-order chi connectivity index (χ1) is 11.3. The van der Waals surface area contributed by atoms with E-state index in [0.717, 1.165) is 57.3 Å². The molecule has 0 spiro atoms. The fourth-order valence-electron chi connectivity index (χ4n) is 3.41. The number of carbonyl (C=O) groups is 1. The third-order valence-electron chi connectivity index (χ3n) is 4.81. The monoisotopic (exact) mass is 318 g/mol. The third kappa shape index (κ3) is 3.14. The summed E-state index contributed by atoms with van der Waals surface area (Å²) < 4.78 is 16.1. The fourth-order valence-corrected chi connectivity index (χ4v) is 3.41. The summed E-state index contributed by atoms with van der Waals surface area (Å²) in [4.78, 5) is 16.8. The van der Waals surface area contributed by atoms with Crippen molar-refractivity contribution < 1.29 is 19.0 Å². The number of carbonyl (C=O) groups excluding carboxylic acids is 1. The van der Waals surface area contributed by atoms with E-state index in [9.17, 15) is 4.79 Å². The van der Waals surface area contributed by atoms with E-state index in [2.05, 4.69) is 17.0 Å². The number of rotatable bonds is 3. The van der Waals surface area contributed by atoms with Gasteiger partial charge in [0.25, 0.3) is 0 Å². The van der Waals surface area contributed by atoms with Crippen LogP contribution in [0.4, 0.5) is 0 Å². The van der Waals surface area contributed by atoms with Gasteiger partial charge in [0.05, 0.1) is 12.5 Å². The van der Waals surface area contributed by atoms with Gasteiger partial charge in [-0.3, -0.25) is 9.69 Å². The summed E-state index contributed by atoms with van der Waals surface area (Å²) in [5.41, 5.74) is 1.22. The molecular formula is C17H22N2O4. The van der Waals surface area contributed by atoms with Crippen molar-refractivity contribution in [2.75, 3.05) is 46.2 Å². The molecule has 0 N–H and O–H groups in total. The standard InChI is InChI=1S/C17H22N2O4/c20-17(14-3-8-21-11-14)19-6-4-18(5-7-19)10-13-1-2-15-16(9-13)23-12-22-15/h1-2,9,14H,3-8,10-12H2/t14-/m0/s1. The predicted octanol–water partition coefficient (Wildman–Crippen LogP) is 1.10. The Morgan fingerprint density at radius 3 is 2.74 bits per heavy atom. The Hall–Kier alpha value is -1.79. The highest BCUT2D eigenvalue weighted by molar-refractivity contribution is 5.79. The second-order valence-electron chi connectivity index (χ2n) is 6.35. The van der Waals surface area contributed by atoms with E-state index in [1.165, 1.54) is 5.56 Å². The summed E-state index contributed by atoms with van der Waals surface area (Å²) in [7, 11) is 0. The second-order valence-corrected chi connectivity index (χ2v) is 6.35. The number of ether oxygens (including phenoxy) is 3. The molecule has 6 heteroatoms. The highest BCUT2D eigenvalue weighted by Gasteiger charge is 2.30. The van der Waals surface area contributed by atoms with Crippen LogP contribution in [0.15, 0.2) is 18.2 Å². The van der Waals surface area contributed by atoms with Crippen molar-refractivity contribution in [3.05, 3.63) is 23.8 Å². The van der Waals surface area contributed by atoms with Gasteiger partial charge in [-0.05, 0) is 24.1 Å². The molecule has 0 bridgehead atoms. The smallest absolute Gasteiger partial charge is 0.231 e. The zero-order chi connectivity index (χ0) is 15.6. The first-order valence-corrected chi connectivity index (χ1v) is 8.27. The van der Waals surface area contributed by atoms with E-state index in [-0.39, 0.29) is 11.8 Å². The van der Waals surface area contributed by atoms with E-state index < -0.39 is 0 Å². The van der Waals surface area contributed by atoms with Crippen molar-refractivity contribution in [2.24, 2.45) is 5.92 Å². The summed E-state index contributed by atoms with van der Waals surface area (Å²) in [6, 6.07) is 6.11. The lowest BCUT2D eigenvalue weighted by Gasteiger charge is -2.35. The lowest BCUT2D eigenvalue weighted by Crippen LogP contribution is -2.50. The van der Waals surface area contributed by atoms with Gasteiger partial charge >= 0.3 is 0 Å². The Morgan fingerprint density at radius 2 is 1.96 bits per heavy atom. The molecule has 0 unspecified atom stereocenters. The van der Waals surface area contributed by atoms with Crippen molar-refractivity contribution in [1.82, 2.24) is 9.80 Å². The summed E-state index contributed by atoms with van der Waals surface area (Å²) in [5.74, 6) is 2.00. The molecule has 1 atom stereocenters. The topological polar surface area (TPSA) is 51.2 Å². The number of fused-ring (bicyclic) bond motifs is 1. The van der Waals surface area contributed by atoms with E-state index in [0.29, 0.717) is 13.4 Å². The maximum absolute atomic E-state index is 12.4. The zero-order valence-electron chi connectivity index (χ0n) is 13.2. The molecule has 3 aliphatic heterocycles. The van der Waals surface area contributed by atoms with Gasteiger partial charge in [0.2, 0.25) is 12.7 Å². The molecule has 0 aliphatic carbocycles. The molecule has 3 heterocycles. The number of amides is 1. The van der Waals surface area contributed by atoms with Crippen LogP contribution in [0, 0.1) is 5.92 Å². The minimum Gasteiger partial charge on any atom is -0.454 e. The van der Waals surface area contributed by atoms with E-state index in [1.54, 1.807) is 0 Å². The van der Waals surface area contributed by atoms with E-state index in [4.69, 9.17) is 14.2 Å². The van der Waals surface area contributed by atoms with Gasteiger partial charge in [0.1, 0.15) is 0 Å². The van der Waals surface area contributed by atoms with Crippen molar-refractivity contribution in [1.29, 1.82) is 0 Å². The number of benzene rings is 1. The molecule has 4 rings (SSSR count). The first-order valence-electron chi connectivity index (χ1n) is 8.27. The van der Waals surface area contributed by atoms with Gasteiger partial charge in [-0.2, -0.15) is 0 Å². The number of hydrogen-bond acceptors (Lipinski definition) is 5. The Kier molecular flexibility index (Phi) is 4.10. The van der Waals surface area contributed by atoms with Gasteiger partial charge in [-0.15, -0.1) is 0 Å². The molecule has 0 saturated carbocycles. The fraction of sp³-hybridized carbons (Fsp3) is 0.588. The Labute approximate surface area is 135 Å². The average molecular weight is 318 g/mol. The Bertz CT molecular complexity index is 578. The number of nitrogens with zero attached hydrogens (tertiary/aromatic N) is 2. The molecule has 1 amide bonds. The summed E-state index contributed by atoms with van der Waals surface area (Å²) in [6.45, 7) is 5.94. The molecule has 23 heavy (non-hydrogen) atoms. The van der Waals surface area contributed by atoms with Crippen LogP contribution in [0.3, 0.4) is 0 Å². The Balaban J connectivity index is 1.30. The molecular weight excluding hydrogens is 296 g/mol. The van der Waals surface area contributed by atoms with Crippen LogP contribution >= 0.6 is 0 Å². The lowest BCUT2D eigenvalue weighted by atomic mass is 10.1. The van der Waals surface area contributed by atoms with Gasteiger partial charge in [-0.1, -0.05) is 6.07 Å². The van der Waals surface area contributed by atoms with Crippen molar-refractivity contribution in [2.45, 2.75) is 13.0 Å². The second kappa shape index (κ2) is 6.37. The van der Waals surface area contributed by atoms with Crippen LogP contribution in [0.25, 0.3) is 0 Å². The maximum atomic E-state index is 12.4. The molecule has 0 aromatic heterocycles. The van der Waals surface area contributed by atoms with E-state index >= 15 is 0 Å². The van der Waals surface area contributed by atoms with Gasteiger partial charge in [-0.25, -0.2) is 0 Å². The van der Waals surface area contributed by atoms with Crippen molar-refractivity contribution >= 4 is 5.91 Å². The van der Waals surface area contributed by atoms with Crippen LogP contribution < -0.4 is 9.47 Å². The molecule has 3 aliphatic rings. The third-order valence-corrected chi connectivity index (χ3v) is 4.81. The molecule has 2 fully saturated rings. The molecule has 6 nitrogen and oxygen atoms in total. The summed E-state index contributed by atoms with van der Waals surface area (Å²) in [5, 5.41) is 0. The summed E-state index contributed by atoms with van der Waals surface area (Å²) in [6.07, 6.45) is 0.871. The Morgan fingerprint density at radius 1 is 1.13 bits per heavy atom. The highest BCUT2D eigenvalue weighted by Crippen LogP contribution is 2.32. The predicted molar refractivity (Wildman–Crippen MR) is 83.3 cm³/mol. The van der Waals surface area contributed by atoms with Gasteiger partial charge in [0.15, 0.2) is 11.5 Å². The van der Waals surface area contributed by atoms with Gasteiger partial charge in [0, 0.05) is 39.3 Å². The van der Waals surface area contributed by atoms with Crippen LogP contribution in [-0.2, 0) is 16.1 Å². The maximum Gasteiger partial charge on any atom is 0.231 e. The number of hydrogen-bond donors (Lipinski definition) is 0. The largest absolute Gasteiger partial charge is 0.454 e. The molecule has 124 valence electrons. The van der Waals surface area contributed by atoms with Crippen molar-refractivity contribution in [3.8, 4) is 11.5 Å². The van der Waals surface area contributed by atoms with E-state index in [1.807, 2.05) is 11.0 Å². The van der Waals surface area contributed by atoms with Crippen LogP contribution in [0.2, 0.25) is 0 Å². The average Bonchev–Trinajstić information content (AvgIpc) is 3.26. The molecule has 2 saturated heterocycles. The number of piperazine rings is 1. The minimum absolute atomic E-state index is 0.0791.